The number of hydrogen-bond donors (Lipinski definition) is 1. The van der Waals surface area contributed by atoms with Gasteiger partial charge in [0.1, 0.15) is 0 Å². The molecule has 0 aromatic rings. The third-order valence-electron chi connectivity index (χ3n) is 4.01. The number of nitrogens with zero attached hydrogens (tertiary/aromatic N) is 1. The predicted molar refractivity (Wildman–Crippen MR) is 65.0 cm³/mol. The Hall–Kier alpha value is -0.610. The van der Waals surface area contributed by atoms with E-state index >= 15 is 0 Å². The van der Waals surface area contributed by atoms with Crippen LogP contribution in [0, 0.1) is 5.92 Å². The van der Waals surface area contributed by atoms with Crippen molar-refractivity contribution in [3.05, 3.63) is 0 Å². The van der Waals surface area contributed by atoms with Crippen LogP contribution < -0.4 is 0 Å². The van der Waals surface area contributed by atoms with Gasteiger partial charge in [0.05, 0.1) is 18.1 Å². The number of aliphatic carboxylic acids is 1. The van der Waals surface area contributed by atoms with E-state index in [1.807, 2.05) is 0 Å². The van der Waals surface area contributed by atoms with Crippen molar-refractivity contribution in [3.63, 3.8) is 0 Å². The maximum Gasteiger partial charge on any atom is 0.306 e. The molecule has 0 amide bonds. The second-order valence-electron chi connectivity index (χ2n) is 5.55. The lowest BCUT2D eigenvalue weighted by Crippen LogP contribution is -2.51. The molecular weight excluding hydrogens is 218 g/mol. The first-order valence-corrected chi connectivity index (χ1v) is 6.68. The Morgan fingerprint density at radius 3 is 2.12 bits per heavy atom. The van der Waals surface area contributed by atoms with E-state index in [2.05, 4.69) is 18.7 Å². The Bertz CT molecular complexity index is 264. The van der Waals surface area contributed by atoms with Crippen molar-refractivity contribution < 1.29 is 14.6 Å². The summed E-state index contributed by atoms with van der Waals surface area (Å²) in [6.45, 7) is 6.22. The molecule has 1 saturated carbocycles. The summed E-state index contributed by atoms with van der Waals surface area (Å²) in [6.07, 6.45) is 4.32. The molecule has 2 rings (SSSR count). The third kappa shape index (κ3) is 3.19. The van der Waals surface area contributed by atoms with Gasteiger partial charge in [0.15, 0.2) is 0 Å². The van der Waals surface area contributed by atoms with E-state index in [-0.39, 0.29) is 5.92 Å². The summed E-state index contributed by atoms with van der Waals surface area (Å²) < 4.78 is 5.73. The van der Waals surface area contributed by atoms with Crippen molar-refractivity contribution in [1.82, 2.24) is 4.90 Å². The number of ether oxygens (including phenoxy) is 1. The van der Waals surface area contributed by atoms with Gasteiger partial charge in [-0.05, 0) is 39.5 Å². The Morgan fingerprint density at radius 2 is 1.65 bits per heavy atom. The summed E-state index contributed by atoms with van der Waals surface area (Å²) in [7, 11) is 0. The van der Waals surface area contributed by atoms with Crippen molar-refractivity contribution in [2.75, 3.05) is 13.1 Å². The van der Waals surface area contributed by atoms with E-state index in [1.54, 1.807) is 0 Å². The van der Waals surface area contributed by atoms with E-state index in [1.165, 1.54) is 0 Å². The highest BCUT2D eigenvalue weighted by molar-refractivity contribution is 5.70. The van der Waals surface area contributed by atoms with Gasteiger partial charge in [0.2, 0.25) is 0 Å². The van der Waals surface area contributed by atoms with Crippen LogP contribution in [-0.4, -0.2) is 47.3 Å². The van der Waals surface area contributed by atoms with E-state index < -0.39 is 5.97 Å². The second kappa shape index (κ2) is 5.36. The van der Waals surface area contributed by atoms with Crippen LogP contribution in [0.15, 0.2) is 0 Å². The molecule has 1 saturated heterocycles. The van der Waals surface area contributed by atoms with Gasteiger partial charge in [0.25, 0.3) is 0 Å². The monoisotopic (exact) mass is 241 g/mol. The Labute approximate surface area is 103 Å². The Kier molecular flexibility index (Phi) is 4.05. The van der Waals surface area contributed by atoms with Crippen LogP contribution in [0.4, 0.5) is 0 Å². The molecule has 0 radical (unpaired) electrons. The summed E-state index contributed by atoms with van der Waals surface area (Å²) in [4.78, 5) is 13.4. The molecule has 2 atom stereocenters. The normalized spacial score (nSPS) is 40.1. The molecule has 0 spiro atoms. The molecule has 4 heteroatoms. The number of hydrogen-bond acceptors (Lipinski definition) is 3. The zero-order valence-corrected chi connectivity index (χ0v) is 10.8. The zero-order chi connectivity index (χ0) is 12.4. The second-order valence-corrected chi connectivity index (χ2v) is 5.55. The number of carbonyl (C=O) groups is 1. The van der Waals surface area contributed by atoms with Crippen LogP contribution in [0.1, 0.15) is 39.5 Å². The molecule has 1 aliphatic heterocycles. The molecule has 17 heavy (non-hydrogen) atoms. The molecule has 1 N–H and O–H groups in total. The molecule has 98 valence electrons. The highest BCUT2D eigenvalue weighted by Crippen LogP contribution is 2.29. The molecule has 1 aliphatic carbocycles. The van der Waals surface area contributed by atoms with E-state index in [0.717, 1.165) is 38.8 Å². The fourth-order valence-corrected chi connectivity index (χ4v) is 3.20. The first-order chi connectivity index (χ1) is 8.06. The van der Waals surface area contributed by atoms with Crippen LogP contribution in [0.25, 0.3) is 0 Å². The van der Waals surface area contributed by atoms with Crippen LogP contribution in [0.2, 0.25) is 0 Å². The van der Waals surface area contributed by atoms with Gasteiger partial charge in [-0.25, -0.2) is 0 Å². The summed E-state index contributed by atoms with van der Waals surface area (Å²) in [6, 6.07) is 0.569. The summed E-state index contributed by atoms with van der Waals surface area (Å²) in [5.41, 5.74) is 0. The quantitative estimate of drug-likeness (QED) is 0.800. The van der Waals surface area contributed by atoms with Crippen LogP contribution in [0.3, 0.4) is 0 Å². The molecule has 0 aromatic heterocycles. The van der Waals surface area contributed by atoms with Gasteiger partial charge in [-0.1, -0.05) is 0 Å². The van der Waals surface area contributed by atoms with Crippen molar-refractivity contribution in [2.24, 2.45) is 5.92 Å². The maximum absolute atomic E-state index is 10.9. The van der Waals surface area contributed by atoms with Crippen molar-refractivity contribution in [3.8, 4) is 0 Å². The maximum atomic E-state index is 10.9. The number of carboxylic acid groups (broad SMARTS) is 1. The van der Waals surface area contributed by atoms with Crippen LogP contribution in [0.5, 0.6) is 0 Å². The lowest BCUT2D eigenvalue weighted by molar-refractivity contribution is -0.143. The molecular formula is C13H23NO3. The van der Waals surface area contributed by atoms with E-state index in [4.69, 9.17) is 9.84 Å². The van der Waals surface area contributed by atoms with Gasteiger partial charge in [-0.2, -0.15) is 0 Å². The third-order valence-corrected chi connectivity index (χ3v) is 4.01. The van der Waals surface area contributed by atoms with Gasteiger partial charge >= 0.3 is 5.97 Å². The standard InChI is InChI=1S/C13H23NO3/c1-9-7-14(8-10(2)17-9)12-5-3-11(4-6-12)13(15)16/h9-12H,3-8H2,1-2H3,(H,15,16)/t9-,10-,11?,12?/m1/s1. The predicted octanol–water partition coefficient (Wildman–Crippen LogP) is 1.74. The number of morpholine rings is 1. The minimum atomic E-state index is -0.618. The van der Waals surface area contributed by atoms with Crippen molar-refractivity contribution in [1.29, 1.82) is 0 Å². The smallest absolute Gasteiger partial charge is 0.306 e. The fourth-order valence-electron chi connectivity index (χ4n) is 3.20. The van der Waals surface area contributed by atoms with E-state index in [0.29, 0.717) is 18.2 Å². The molecule has 4 nitrogen and oxygen atoms in total. The highest BCUT2D eigenvalue weighted by atomic mass is 16.5. The zero-order valence-electron chi connectivity index (χ0n) is 10.8. The molecule has 0 aromatic carbocycles. The topological polar surface area (TPSA) is 49.8 Å². The summed E-state index contributed by atoms with van der Waals surface area (Å²) in [5, 5.41) is 8.99. The molecule has 0 unspecified atom stereocenters. The highest BCUT2D eigenvalue weighted by Gasteiger charge is 2.32. The SMILES string of the molecule is C[C@@H]1CN(C2CCC(C(=O)O)CC2)C[C@@H](C)O1. The van der Waals surface area contributed by atoms with Gasteiger partial charge in [0, 0.05) is 19.1 Å². The summed E-state index contributed by atoms with van der Waals surface area (Å²) in [5.74, 6) is -0.727. The molecule has 0 bridgehead atoms. The lowest BCUT2D eigenvalue weighted by Gasteiger charge is -2.42. The molecule has 2 fully saturated rings. The van der Waals surface area contributed by atoms with Crippen molar-refractivity contribution >= 4 is 5.97 Å². The van der Waals surface area contributed by atoms with Crippen molar-refractivity contribution in [2.45, 2.75) is 57.8 Å². The Morgan fingerprint density at radius 1 is 1.12 bits per heavy atom. The number of rotatable bonds is 2. The first-order valence-electron chi connectivity index (χ1n) is 6.68. The molecule has 1 heterocycles. The minimum absolute atomic E-state index is 0.109. The Balaban J connectivity index is 1.85. The van der Waals surface area contributed by atoms with Crippen LogP contribution in [-0.2, 0) is 9.53 Å². The average molecular weight is 241 g/mol. The summed E-state index contributed by atoms with van der Waals surface area (Å²) >= 11 is 0. The average Bonchev–Trinajstić information content (AvgIpc) is 2.28. The fraction of sp³-hybridized carbons (Fsp3) is 0.923. The first kappa shape index (κ1) is 12.8. The number of carboxylic acids is 1. The van der Waals surface area contributed by atoms with Gasteiger partial charge in [-0.3, -0.25) is 9.69 Å². The largest absolute Gasteiger partial charge is 0.481 e. The van der Waals surface area contributed by atoms with Gasteiger partial charge < -0.3 is 9.84 Å². The lowest BCUT2D eigenvalue weighted by atomic mass is 9.85. The van der Waals surface area contributed by atoms with Crippen LogP contribution >= 0.6 is 0 Å². The van der Waals surface area contributed by atoms with Gasteiger partial charge in [-0.15, -0.1) is 0 Å². The van der Waals surface area contributed by atoms with E-state index in [9.17, 15) is 4.79 Å². The minimum Gasteiger partial charge on any atom is -0.481 e. The molecule has 2 aliphatic rings.